The van der Waals surface area contributed by atoms with Crippen molar-refractivity contribution in [2.24, 2.45) is 5.73 Å². The van der Waals surface area contributed by atoms with Gasteiger partial charge in [0, 0.05) is 0 Å². The number of carbonyl (C=O) groups is 3. The summed E-state index contributed by atoms with van der Waals surface area (Å²) in [6.07, 6.45) is -0.298. The molecular weight excluding hydrogens is 290 g/mol. The summed E-state index contributed by atoms with van der Waals surface area (Å²) in [6, 6.07) is -2.30. The molecule has 0 aliphatic carbocycles. The van der Waals surface area contributed by atoms with Gasteiger partial charge < -0.3 is 21.5 Å². The molecule has 9 nitrogen and oxygen atoms in total. The van der Waals surface area contributed by atoms with E-state index in [0.29, 0.717) is 0 Å². The Morgan fingerprint density at radius 1 is 1.40 bits per heavy atom. The van der Waals surface area contributed by atoms with Crippen molar-refractivity contribution in [3.8, 4) is 0 Å². The molecule has 1 saturated heterocycles. The molecule has 2 atom stereocenters. The number of hydrogen-bond acceptors (Lipinski definition) is 5. The SMILES string of the molecule is CC1(NC(=O)NC(CC(N)=O)C(=O)O)CCS(=O)(=O)C1. The Hall–Kier alpha value is -1.84. The summed E-state index contributed by atoms with van der Waals surface area (Å²) >= 11 is 0. The summed E-state index contributed by atoms with van der Waals surface area (Å²) in [7, 11) is -3.20. The fourth-order valence-corrected chi connectivity index (χ4v) is 4.07. The number of carboxylic acids is 1. The number of sulfone groups is 1. The predicted octanol–water partition coefficient (Wildman–Crippen LogP) is -1.81. The summed E-state index contributed by atoms with van der Waals surface area (Å²) in [5.41, 5.74) is 3.93. The number of aliphatic carboxylic acids is 1. The van der Waals surface area contributed by atoms with Crippen molar-refractivity contribution in [1.82, 2.24) is 10.6 Å². The largest absolute Gasteiger partial charge is 0.480 e. The van der Waals surface area contributed by atoms with Crippen LogP contribution in [0, 0.1) is 0 Å². The maximum Gasteiger partial charge on any atom is 0.326 e. The highest BCUT2D eigenvalue weighted by atomic mass is 32.2. The average molecular weight is 307 g/mol. The first-order valence-corrected chi connectivity index (χ1v) is 7.65. The van der Waals surface area contributed by atoms with Gasteiger partial charge in [-0.1, -0.05) is 0 Å². The lowest BCUT2D eigenvalue weighted by atomic mass is 10.0. The first-order chi connectivity index (χ1) is 9.03. The Balaban J connectivity index is 2.63. The van der Waals surface area contributed by atoms with E-state index in [1.54, 1.807) is 6.92 Å². The molecule has 1 heterocycles. The van der Waals surface area contributed by atoms with Gasteiger partial charge in [0.25, 0.3) is 0 Å². The molecular formula is C10H17N3O6S. The van der Waals surface area contributed by atoms with Gasteiger partial charge >= 0.3 is 12.0 Å². The molecule has 20 heavy (non-hydrogen) atoms. The molecule has 3 amide bonds. The number of carbonyl (C=O) groups excluding carboxylic acids is 2. The third-order valence-corrected chi connectivity index (χ3v) is 4.83. The lowest BCUT2D eigenvalue weighted by Gasteiger charge is -2.25. The van der Waals surface area contributed by atoms with Crippen LogP contribution in [0.5, 0.6) is 0 Å². The molecule has 1 aliphatic rings. The van der Waals surface area contributed by atoms with Gasteiger partial charge in [-0.25, -0.2) is 18.0 Å². The third-order valence-electron chi connectivity index (χ3n) is 2.93. The molecule has 1 rings (SSSR count). The molecule has 0 spiro atoms. The maximum atomic E-state index is 11.7. The first kappa shape index (κ1) is 16.2. The summed E-state index contributed by atoms with van der Waals surface area (Å²) in [5, 5.41) is 13.3. The minimum atomic E-state index is -3.20. The number of nitrogens with two attached hydrogens (primary N) is 1. The van der Waals surface area contributed by atoms with Crippen LogP contribution in [0.1, 0.15) is 19.8 Å². The van der Waals surface area contributed by atoms with Crippen molar-refractivity contribution in [2.75, 3.05) is 11.5 Å². The van der Waals surface area contributed by atoms with Gasteiger partial charge in [0.15, 0.2) is 9.84 Å². The van der Waals surface area contributed by atoms with Crippen LogP contribution in [0.4, 0.5) is 4.79 Å². The third kappa shape index (κ3) is 4.68. The predicted molar refractivity (Wildman–Crippen MR) is 68.6 cm³/mol. The Bertz CT molecular complexity index is 531. The zero-order valence-electron chi connectivity index (χ0n) is 10.9. The van der Waals surface area contributed by atoms with Crippen molar-refractivity contribution in [1.29, 1.82) is 0 Å². The summed E-state index contributed by atoms with van der Waals surface area (Å²) in [4.78, 5) is 33.2. The molecule has 0 aromatic heterocycles. The number of urea groups is 1. The highest BCUT2D eigenvalue weighted by Gasteiger charge is 2.40. The molecule has 1 aliphatic heterocycles. The molecule has 2 unspecified atom stereocenters. The van der Waals surface area contributed by atoms with Gasteiger partial charge in [0.2, 0.25) is 5.91 Å². The van der Waals surface area contributed by atoms with Crippen LogP contribution in [-0.4, -0.2) is 54.5 Å². The van der Waals surface area contributed by atoms with Crippen molar-refractivity contribution in [2.45, 2.75) is 31.3 Å². The van der Waals surface area contributed by atoms with Crippen LogP contribution < -0.4 is 16.4 Å². The smallest absolute Gasteiger partial charge is 0.326 e. The van der Waals surface area contributed by atoms with Gasteiger partial charge in [0.05, 0.1) is 23.5 Å². The summed E-state index contributed by atoms with van der Waals surface area (Å²) in [5.74, 6) is -2.51. The van der Waals surface area contributed by atoms with Gasteiger partial charge in [-0.05, 0) is 13.3 Å². The zero-order valence-corrected chi connectivity index (χ0v) is 11.7. The summed E-state index contributed by atoms with van der Waals surface area (Å²) in [6.45, 7) is 1.56. The number of amides is 3. The van der Waals surface area contributed by atoms with Crippen LogP contribution in [0.3, 0.4) is 0 Å². The Labute approximate surface area is 115 Å². The normalized spacial score (nSPS) is 25.6. The topological polar surface area (TPSA) is 156 Å². The minimum absolute atomic E-state index is 0.0343. The molecule has 114 valence electrons. The van der Waals surface area contributed by atoms with Gasteiger partial charge in [0.1, 0.15) is 6.04 Å². The number of carboxylic acid groups (broad SMARTS) is 1. The van der Waals surface area contributed by atoms with E-state index in [0.717, 1.165) is 0 Å². The molecule has 0 aromatic rings. The highest BCUT2D eigenvalue weighted by molar-refractivity contribution is 7.91. The van der Waals surface area contributed by atoms with Crippen LogP contribution >= 0.6 is 0 Å². The molecule has 0 aromatic carbocycles. The molecule has 10 heteroatoms. The van der Waals surface area contributed by atoms with E-state index in [-0.39, 0.29) is 17.9 Å². The number of nitrogens with one attached hydrogen (secondary N) is 2. The Morgan fingerprint density at radius 2 is 2.00 bits per heavy atom. The molecule has 0 saturated carbocycles. The fraction of sp³-hybridized carbons (Fsp3) is 0.700. The average Bonchev–Trinajstić information content (AvgIpc) is 2.50. The maximum absolute atomic E-state index is 11.7. The van der Waals surface area contributed by atoms with E-state index >= 15 is 0 Å². The zero-order chi connectivity index (χ0) is 15.6. The number of rotatable bonds is 5. The lowest BCUT2D eigenvalue weighted by Crippen LogP contribution is -2.55. The number of primary amides is 1. The first-order valence-electron chi connectivity index (χ1n) is 5.83. The van der Waals surface area contributed by atoms with Gasteiger partial charge in [-0.2, -0.15) is 0 Å². The van der Waals surface area contributed by atoms with E-state index in [4.69, 9.17) is 10.8 Å². The van der Waals surface area contributed by atoms with Crippen LogP contribution in [0.15, 0.2) is 0 Å². The van der Waals surface area contributed by atoms with E-state index in [1.165, 1.54) is 0 Å². The second kappa shape index (κ2) is 5.65. The van der Waals surface area contributed by atoms with Crippen molar-refractivity contribution >= 4 is 27.7 Å². The Kier molecular flexibility index (Phi) is 4.58. The van der Waals surface area contributed by atoms with Crippen LogP contribution in [0.2, 0.25) is 0 Å². The van der Waals surface area contributed by atoms with Crippen molar-refractivity contribution in [3.05, 3.63) is 0 Å². The van der Waals surface area contributed by atoms with Gasteiger partial charge in [-0.3, -0.25) is 4.79 Å². The van der Waals surface area contributed by atoms with Crippen LogP contribution in [0.25, 0.3) is 0 Å². The lowest BCUT2D eigenvalue weighted by molar-refractivity contribution is -0.140. The second-order valence-corrected chi connectivity index (χ2v) is 7.25. The monoisotopic (exact) mass is 307 g/mol. The van der Waals surface area contributed by atoms with E-state index in [1.807, 2.05) is 0 Å². The second-order valence-electron chi connectivity index (χ2n) is 5.06. The molecule has 0 bridgehead atoms. The van der Waals surface area contributed by atoms with Crippen molar-refractivity contribution in [3.63, 3.8) is 0 Å². The Morgan fingerprint density at radius 3 is 2.40 bits per heavy atom. The quantitative estimate of drug-likeness (QED) is 0.469. The van der Waals surface area contributed by atoms with Gasteiger partial charge in [-0.15, -0.1) is 0 Å². The minimum Gasteiger partial charge on any atom is -0.480 e. The van der Waals surface area contributed by atoms with Crippen LogP contribution in [-0.2, 0) is 19.4 Å². The van der Waals surface area contributed by atoms with E-state index < -0.39 is 45.7 Å². The summed E-state index contributed by atoms with van der Waals surface area (Å²) < 4.78 is 22.8. The number of hydrogen-bond donors (Lipinski definition) is 4. The van der Waals surface area contributed by atoms with E-state index in [9.17, 15) is 22.8 Å². The van der Waals surface area contributed by atoms with E-state index in [2.05, 4.69) is 10.6 Å². The standard InChI is InChI=1S/C10H17N3O6S/c1-10(2-3-20(18,19)5-10)13-9(17)12-6(8(15)16)4-7(11)14/h6H,2-5H2,1H3,(H2,11,14)(H,15,16)(H2,12,13,17). The molecule has 5 N–H and O–H groups in total. The molecule has 1 fully saturated rings. The fourth-order valence-electron chi connectivity index (χ4n) is 1.98. The molecule has 0 radical (unpaired) electrons. The van der Waals surface area contributed by atoms with Crippen molar-refractivity contribution < 1.29 is 27.9 Å². The highest BCUT2D eigenvalue weighted by Crippen LogP contribution is 2.22.